The third-order valence-corrected chi connectivity index (χ3v) is 3.70. The van der Waals surface area contributed by atoms with Gasteiger partial charge in [0, 0.05) is 35.7 Å². The molecule has 0 spiro atoms. The molecule has 0 aliphatic rings. The van der Waals surface area contributed by atoms with Crippen molar-refractivity contribution in [1.82, 2.24) is 9.97 Å². The first kappa shape index (κ1) is 17.9. The number of nitro groups is 1. The fraction of sp³-hybridized carbons (Fsp3) is 0.0526. The maximum atomic E-state index is 12.9. The molecule has 0 unspecified atom stereocenters. The summed E-state index contributed by atoms with van der Waals surface area (Å²) in [5, 5.41) is 10.8. The molecule has 3 aromatic rings. The highest BCUT2D eigenvalue weighted by Gasteiger charge is 2.27. The Kier molecular flexibility index (Phi) is 5.27. The topological polar surface area (TPSA) is 112 Å². The molecule has 0 saturated carbocycles. The number of benzene rings is 2. The first-order valence-electron chi connectivity index (χ1n) is 7.87. The highest BCUT2D eigenvalue weighted by molar-refractivity contribution is 6.01. The lowest BCUT2D eigenvalue weighted by molar-refractivity contribution is -0.384. The fourth-order valence-corrected chi connectivity index (χ4v) is 2.37. The largest absolute Gasteiger partial charge is 0.444 e. The summed E-state index contributed by atoms with van der Waals surface area (Å²) in [5.41, 5.74) is 0.467. The van der Waals surface area contributed by atoms with Crippen LogP contribution in [-0.2, 0) is 4.74 Å². The second kappa shape index (κ2) is 7.96. The van der Waals surface area contributed by atoms with E-state index in [1.54, 1.807) is 30.3 Å². The van der Waals surface area contributed by atoms with E-state index in [1.807, 2.05) is 0 Å². The molecule has 0 fully saturated rings. The Morgan fingerprint density at radius 1 is 1.00 bits per heavy atom. The summed E-state index contributed by atoms with van der Waals surface area (Å²) in [5.74, 6) is -1.28. The molecule has 0 radical (unpaired) electrons. The summed E-state index contributed by atoms with van der Waals surface area (Å²) in [7, 11) is 0. The highest BCUT2D eigenvalue weighted by atomic mass is 16.6. The normalized spacial score (nSPS) is 11.4. The smallest absolute Gasteiger partial charge is 0.359 e. The number of carbonyl (C=O) groups is 2. The Hall–Kier alpha value is -3.94. The van der Waals surface area contributed by atoms with Gasteiger partial charge < -0.3 is 4.74 Å². The van der Waals surface area contributed by atoms with Crippen molar-refractivity contribution in [2.24, 2.45) is 0 Å². The minimum Gasteiger partial charge on any atom is -0.444 e. The summed E-state index contributed by atoms with van der Waals surface area (Å²) in [6.45, 7) is 0. The summed E-state index contributed by atoms with van der Waals surface area (Å²) >= 11 is 0. The van der Waals surface area contributed by atoms with E-state index >= 15 is 0 Å². The number of hydrogen-bond donors (Lipinski definition) is 0. The summed E-state index contributed by atoms with van der Waals surface area (Å²) in [6, 6.07) is 13.6. The van der Waals surface area contributed by atoms with Gasteiger partial charge in [-0.1, -0.05) is 30.3 Å². The lowest BCUT2D eigenvalue weighted by atomic mass is 9.99. The maximum Gasteiger partial charge on any atom is 0.359 e. The maximum absolute atomic E-state index is 12.9. The van der Waals surface area contributed by atoms with Crippen molar-refractivity contribution in [3.63, 3.8) is 0 Å². The molecule has 134 valence electrons. The number of carbonyl (C=O) groups excluding carboxylic acids is 2. The van der Waals surface area contributed by atoms with Gasteiger partial charge in [-0.25, -0.2) is 9.78 Å². The lowest BCUT2D eigenvalue weighted by Crippen LogP contribution is -2.21. The molecule has 8 nitrogen and oxygen atoms in total. The Balaban J connectivity index is 1.94. The van der Waals surface area contributed by atoms with Crippen molar-refractivity contribution >= 4 is 17.4 Å². The van der Waals surface area contributed by atoms with E-state index in [2.05, 4.69) is 9.97 Å². The number of nitro benzene ring substituents is 1. The number of nitrogens with zero attached hydrogens (tertiary/aromatic N) is 3. The summed E-state index contributed by atoms with van der Waals surface area (Å²) in [4.78, 5) is 43.2. The van der Waals surface area contributed by atoms with E-state index in [9.17, 15) is 19.7 Å². The van der Waals surface area contributed by atoms with Gasteiger partial charge in [0.2, 0.25) is 5.78 Å². The number of hydrogen-bond acceptors (Lipinski definition) is 7. The van der Waals surface area contributed by atoms with Crippen LogP contribution in [0.2, 0.25) is 0 Å². The van der Waals surface area contributed by atoms with E-state index in [1.165, 1.54) is 42.9 Å². The van der Waals surface area contributed by atoms with Gasteiger partial charge in [0.15, 0.2) is 11.8 Å². The van der Waals surface area contributed by atoms with E-state index in [4.69, 9.17) is 4.74 Å². The Labute approximate surface area is 153 Å². The molecule has 2 aromatic carbocycles. The fourth-order valence-electron chi connectivity index (χ4n) is 2.37. The van der Waals surface area contributed by atoms with Crippen molar-refractivity contribution in [2.75, 3.05) is 0 Å². The number of Topliss-reactive ketones (excluding diaryl/α,β-unsaturated/α-hetero) is 1. The number of ketones is 1. The second-order valence-corrected chi connectivity index (χ2v) is 5.45. The molecular weight excluding hydrogens is 350 g/mol. The van der Waals surface area contributed by atoms with Crippen LogP contribution in [-0.4, -0.2) is 26.6 Å². The molecule has 1 aromatic heterocycles. The van der Waals surface area contributed by atoms with Crippen molar-refractivity contribution in [2.45, 2.75) is 6.10 Å². The molecule has 1 heterocycles. The van der Waals surface area contributed by atoms with Crippen LogP contribution in [0.1, 0.15) is 32.5 Å². The highest BCUT2D eigenvalue weighted by Crippen LogP contribution is 2.25. The SMILES string of the molecule is O=C(O[C@@H](C(=O)c1ccccc1)c1ccc([N+](=O)[O-])cc1)c1cnccn1. The minimum absolute atomic E-state index is 0.0507. The molecule has 0 N–H and O–H groups in total. The molecule has 0 amide bonds. The van der Waals surface area contributed by atoms with Crippen LogP contribution in [0, 0.1) is 10.1 Å². The molecule has 0 bridgehead atoms. The molecule has 0 aliphatic carbocycles. The van der Waals surface area contributed by atoms with Crippen molar-refractivity contribution < 1.29 is 19.2 Å². The molecule has 8 heteroatoms. The third kappa shape index (κ3) is 4.18. The van der Waals surface area contributed by atoms with Crippen LogP contribution in [0.3, 0.4) is 0 Å². The quantitative estimate of drug-likeness (QED) is 0.286. The Bertz CT molecular complexity index is 960. The van der Waals surface area contributed by atoms with Crippen molar-refractivity contribution in [3.05, 3.63) is 100 Å². The Morgan fingerprint density at radius 2 is 1.70 bits per heavy atom. The van der Waals surface area contributed by atoms with E-state index in [0.29, 0.717) is 11.1 Å². The van der Waals surface area contributed by atoms with Crippen molar-refractivity contribution in [1.29, 1.82) is 0 Å². The molecule has 3 rings (SSSR count). The molecule has 0 saturated heterocycles. The first-order valence-corrected chi connectivity index (χ1v) is 7.87. The lowest BCUT2D eigenvalue weighted by Gasteiger charge is -2.17. The zero-order chi connectivity index (χ0) is 19.2. The first-order chi connectivity index (χ1) is 13.1. The predicted octanol–water partition coefficient (Wildman–Crippen LogP) is 3.17. The number of ether oxygens (including phenoxy) is 1. The van der Waals surface area contributed by atoms with Crippen molar-refractivity contribution in [3.8, 4) is 0 Å². The van der Waals surface area contributed by atoms with Crippen LogP contribution in [0.15, 0.2) is 73.2 Å². The van der Waals surface area contributed by atoms with Gasteiger partial charge in [-0.05, 0) is 12.1 Å². The average Bonchev–Trinajstić information content (AvgIpc) is 2.72. The van der Waals surface area contributed by atoms with E-state index in [-0.39, 0.29) is 11.4 Å². The summed E-state index contributed by atoms with van der Waals surface area (Å²) in [6.07, 6.45) is 2.68. The van der Waals surface area contributed by atoms with Gasteiger partial charge in [-0.2, -0.15) is 0 Å². The number of rotatable bonds is 6. The average molecular weight is 363 g/mol. The summed E-state index contributed by atoms with van der Waals surface area (Å²) < 4.78 is 5.38. The van der Waals surface area contributed by atoms with Gasteiger partial charge >= 0.3 is 5.97 Å². The Morgan fingerprint density at radius 3 is 2.30 bits per heavy atom. The zero-order valence-electron chi connectivity index (χ0n) is 13.9. The van der Waals surface area contributed by atoms with Crippen LogP contribution in [0.25, 0.3) is 0 Å². The monoisotopic (exact) mass is 363 g/mol. The minimum atomic E-state index is -1.28. The number of non-ortho nitro benzene ring substituents is 1. The third-order valence-electron chi connectivity index (χ3n) is 3.70. The molecule has 0 aliphatic heterocycles. The van der Waals surface area contributed by atoms with Gasteiger partial charge in [0.05, 0.1) is 11.1 Å². The molecule has 27 heavy (non-hydrogen) atoms. The molecule has 1 atom stereocenters. The molecular formula is C19H13N3O5. The van der Waals surface area contributed by atoms with Crippen LogP contribution in [0.5, 0.6) is 0 Å². The van der Waals surface area contributed by atoms with Crippen LogP contribution >= 0.6 is 0 Å². The van der Waals surface area contributed by atoms with Gasteiger partial charge in [0.25, 0.3) is 5.69 Å². The van der Waals surface area contributed by atoms with Gasteiger partial charge in [0.1, 0.15) is 0 Å². The van der Waals surface area contributed by atoms with Gasteiger partial charge in [-0.15, -0.1) is 0 Å². The number of aromatic nitrogens is 2. The zero-order valence-corrected chi connectivity index (χ0v) is 13.9. The predicted molar refractivity (Wildman–Crippen MR) is 94.1 cm³/mol. The standard InChI is InChI=1S/C19H13N3O5/c23-17(13-4-2-1-3-5-13)18(14-6-8-15(9-7-14)22(25)26)27-19(24)16-12-20-10-11-21-16/h1-12,18H/t18-/m1/s1. The van der Waals surface area contributed by atoms with Gasteiger partial charge in [-0.3, -0.25) is 19.9 Å². The van der Waals surface area contributed by atoms with E-state index < -0.39 is 22.8 Å². The number of esters is 1. The van der Waals surface area contributed by atoms with Crippen LogP contribution in [0.4, 0.5) is 5.69 Å². The van der Waals surface area contributed by atoms with Crippen LogP contribution < -0.4 is 0 Å². The van der Waals surface area contributed by atoms with E-state index in [0.717, 1.165) is 0 Å². The second-order valence-electron chi connectivity index (χ2n) is 5.45.